The number of aliphatic hydroxyl groups excluding tert-OH is 3. The van der Waals surface area contributed by atoms with Gasteiger partial charge in [-0.15, -0.1) is 0 Å². The van der Waals surface area contributed by atoms with E-state index in [-0.39, 0.29) is 35.6 Å². The Morgan fingerprint density at radius 2 is 0.645 bits per heavy atom. The van der Waals surface area contributed by atoms with Gasteiger partial charge in [0.25, 0.3) is 0 Å². The molecular formula is C15H15CrF9O6. The molecule has 0 unspecified atom stereocenters. The Kier molecular flexibility index (Phi) is 16.8. The summed E-state index contributed by atoms with van der Waals surface area (Å²) in [6.07, 6.45) is -14.1. The molecule has 0 heterocycles. The van der Waals surface area contributed by atoms with Gasteiger partial charge in [-0.05, 0) is 20.8 Å². The van der Waals surface area contributed by atoms with Crippen molar-refractivity contribution in [2.75, 3.05) is 0 Å². The maximum absolute atomic E-state index is 11.3. The van der Waals surface area contributed by atoms with Crippen LogP contribution in [0.5, 0.6) is 0 Å². The minimum absolute atomic E-state index is 0. The molecule has 31 heavy (non-hydrogen) atoms. The molecule has 16 heteroatoms. The predicted octanol–water partition coefficient (Wildman–Crippen LogP) is 4.74. The molecule has 0 aliphatic rings. The van der Waals surface area contributed by atoms with Gasteiger partial charge in [-0.25, -0.2) is 0 Å². The fourth-order valence-electron chi connectivity index (χ4n) is 0.823. The first-order valence-electron chi connectivity index (χ1n) is 6.97. The van der Waals surface area contributed by atoms with Crippen LogP contribution in [0.1, 0.15) is 20.8 Å². The quantitative estimate of drug-likeness (QED) is 0.285. The van der Waals surface area contributed by atoms with E-state index in [2.05, 4.69) is 0 Å². The zero-order valence-electron chi connectivity index (χ0n) is 15.6. The van der Waals surface area contributed by atoms with Crippen molar-refractivity contribution in [3.63, 3.8) is 0 Å². The van der Waals surface area contributed by atoms with Crippen molar-refractivity contribution in [3.05, 3.63) is 35.5 Å². The average molecular weight is 514 g/mol. The van der Waals surface area contributed by atoms with Crippen molar-refractivity contribution in [3.8, 4) is 0 Å². The standard InChI is InChI=1S/3C5H5F3O2.Cr/c3*1-3(9)2-4(10)5(6,7)8;/h3*2,10H,1H3;/b3*4-2+;. The summed E-state index contributed by atoms with van der Waals surface area (Å²) < 4.78 is 102. The molecule has 0 saturated carbocycles. The van der Waals surface area contributed by atoms with Crippen LogP contribution in [0.3, 0.4) is 0 Å². The summed E-state index contributed by atoms with van der Waals surface area (Å²) in [6, 6.07) is 0. The zero-order valence-corrected chi connectivity index (χ0v) is 16.9. The van der Waals surface area contributed by atoms with Gasteiger partial charge in [-0.3, -0.25) is 14.4 Å². The molecule has 180 valence electrons. The van der Waals surface area contributed by atoms with Crippen LogP contribution in [-0.2, 0) is 31.7 Å². The fourth-order valence-corrected chi connectivity index (χ4v) is 0.823. The first kappa shape index (κ1) is 35.9. The third-order valence-corrected chi connectivity index (χ3v) is 1.89. The van der Waals surface area contributed by atoms with Gasteiger partial charge in [-0.2, -0.15) is 39.5 Å². The number of aliphatic hydroxyl groups is 3. The second kappa shape index (κ2) is 14.5. The average Bonchev–Trinajstić information content (AvgIpc) is 2.43. The third kappa shape index (κ3) is 23.7. The number of hydrogen-bond donors (Lipinski definition) is 3. The summed E-state index contributed by atoms with van der Waals surface area (Å²) in [5.41, 5.74) is 0. The van der Waals surface area contributed by atoms with Gasteiger partial charge in [0, 0.05) is 35.6 Å². The molecule has 0 aliphatic carbocycles. The number of allylic oxidation sites excluding steroid dienone is 6. The van der Waals surface area contributed by atoms with E-state index in [1.54, 1.807) is 0 Å². The molecule has 3 N–H and O–H groups in total. The van der Waals surface area contributed by atoms with Gasteiger partial charge < -0.3 is 15.3 Å². The van der Waals surface area contributed by atoms with Crippen LogP contribution < -0.4 is 0 Å². The van der Waals surface area contributed by atoms with Crippen molar-refractivity contribution in [1.82, 2.24) is 0 Å². The monoisotopic (exact) mass is 514 g/mol. The smallest absolute Gasteiger partial charge is 0.448 e. The zero-order chi connectivity index (χ0) is 25.1. The number of carbonyl (C=O) groups is 3. The summed E-state index contributed by atoms with van der Waals surface area (Å²) in [6.45, 7) is 2.76. The minimum Gasteiger partial charge on any atom is -0.504 e. The van der Waals surface area contributed by atoms with Gasteiger partial charge in [0.05, 0.1) is 0 Å². The molecule has 0 saturated heterocycles. The SMILES string of the molecule is CC(=O)/C=C(/O)C(F)(F)F.CC(=O)/C=C(/O)C(F)(F)F.CC(=O)/C=C(/O)C(F)(F)F.[Cr]. The predicted molar refractivity (Wildman–Crippen MR) is 82.3 cm³/mol. The molecule has 0 amide bonds. The largest absolute Gasteiger partial charge is 0.504 e. The second-order valence-electron chi connectivity index (χ2n) is 4.91. The van der Waals surface area contributed by atoms with E-state index < -0.39 is 53.2 Å². The van der Waals surface area contributed by atoms with Crippen LogP contribution >= 0.6 is 0 Å². The van der Waals surface area contributed by atoms with Crippen LogP contribution in [0.2, 0.25) is 0 Å². The number of halogens is 9. The van der Waals surface area contributed by atoms with Crippen molar-refractivity contribution < 1.29 is 86.6 Å². The third-order valence-electron chi connectivity index (χ3n) is 1.89. The van der Waals surface area contributed by atoms with Gasteiger partial charge in [0.15, 0.2) is 17.3 Å². The van der Waals surface area contributed by atoms with E-state index in [1.807, 2.05) is 0 Å². The van der Waals surface area contributed by atoms with Crippen LogP contribution in [0.25, 0.3) is 0 Å². The first-order valence-corrected chi connectivity index (χ1v) is 6.97. The fraction of sp³-hybridized carbons (Fsp3) is 0.400. The molecule has 0 aliphatic heterocycles. The molecule has 0 rings (SSSR count). The number of alkyl halides is 9. The number of rotatable bonds is 3. The summed E-state index contributed by atoms with van der Waals surface area (Å²) in [5.74, 6) is -8.10. The van der Waals surface area contributed by atoms with Crippen LogP contribution in [0, 0.1) is 0 Å². The Bertz CT molecular complexity index is 606. The van der Waals surface area contributed by atoms with Gasteiger partial charge >= 0.3 is 18.5 Å². The molecule has 0 fully saturated rings. The van der Waals surface area contributed by atoms with Crippen molar-refractivity contribution in [2.24, 2.45) is 0 Å². The molecule has 0 aromatic carbocycles. The molecule has 0 aromatic heterocycles. The first-order chi connectivity index (χ1) is 13.0. The van der Waals surface area contributed by atoms with Crippen LogP contribution in [0.15, 0.2) is 35.5 Å². The van der Waals surface area contributed by atoms with E-state index >= 15 is 0 Å². The number of ketones is 3. The van der Waals surface area contributed by atoms with E-state index in [0.29, 0.717) is 0 Å². The van der Waals surface area contributed by atoms with Crippen molar-refractivity contribution in [2.45, 2.75) is 39.3 Å². The molecule has 0 spiro atoms. The van der Waals surface area contributed by atoms with Crippen LogP contribution in [-0.4, -0.2) is 51.2 Å². The topological polar surface area (TPSA) is 112 Å². The van der Waals surface area contributed by atoms with Gasteiger partial charge in [0.1, 0.15) is 0 Å². The molecular weight excluding hydrogens is 499 g/mol. The normalized spacial score (nSPS) is 13.0. The van der Waals surface area contributed by atoms with E-state index in [4.69, 9.17) is 15.3 Å². The number of hydrogen-bond acceptors (Lipinski definition) is 6. The summed E-state index contributed by atoms with van der Waals surface area (Å²) in [4.78, 5) is 29.9. The summed E-state index contributed by atoms with van der Waals surface area (Å²) >= 11 is 0. The Balaban J connectivity index is -0.000000174. The van der Waals surface area contributed by atoms with Crippen molar-refractivity contribution >= 4 is 17.3 Å². The maximum Gasteiger partial charge on any atom is 0.448 e. The maximum atomic E-state index is 11.3. The van der Waals surface area contributed by atoms with Gasteiger partial charge in [0.2, 0.25) is 17.3 Å². The Labute approximate surface area is 179 Å². The Hall–Kier alpha value is -2.47. The van der Waals surface area contributed by atoms with E-state index in [9.17, 15) is 53.9 Å². The number of carbonyl (C=O) groups excluding carboxylic acids is 3. The Morgan fingerprint density at radius 1 is 0.516 bits per heavy atom. The molecule has 6 nitrogen and oxygen atoms in total. The van der Waals surface area contributed by atoms with Crippen molar-refractivity contribution in [1.29, 1.82) is 0 Å². The minimum atomic E-state index is -4.81. The molecule has 0 radical (unpaired) electrons. The van der Waals surface area contributed by atoms with Gasteiger partial charge in [-0.1, -0.05) is 0 Å². The van der Waals surface area contributed by atoms with E-state index in [0.717, 1.165) is 20.8 Å². The molecule has 0 aromatic rings. The summed E-state index contributed by atoms with van der Waals surface area (Å²) in [5, 5.41) is 24.2. The summed E-state index contributed by atoms with van der Waals surface area (Å²) in [7, 11) is 0. The Morgan fingerprint density at radius 3 is 0.677 bits per heavy atom. The van der Waals surface area contributed by atoms with Crippen LogP contribution in [0.4, 0.5) is 39.5 Å². The van der Waals surface area contributed by atoms with E-state index in [1.165, 1.54) is 0 Å². The second-order valence-corrected chi connectivity index (χ2v) is 4.91. The molecule has 0 atom stereocenters. The molecule has 0 bridgehead atoms.